The molecule has 1 fully saturated rings. The standard InChI is InChI=1S/C21H21FN4O3/c1-23-16-7-2-4-12(19(16)22)10-24-15-6-3-5-13-14(15)11-26(21(13)29)17-8-9-18(27)25-20(17)28/h2-7,17,23-24H,8-11H2,1H3,(H,25,27,28)/t17-/m1/s1/i17D. The molecule has 0 aromatic heterocycles. The highest BCUT2D eigenvalue weighted by molar-refractivity contribution is 6.06. The number of benzene rings is 2. The number of carbonyl (C=O) groups excluding carboxylic acids is 3. The molecule has 2 aliphatic heterocycles. The van der Waals surface area contributed by atoms with Gasteiger partial charge in [-0.2, -0.15) is 0 Å². The summed E-state index contributed by atoms with van der Waals surface area (Å²) in [5.74, 6) is -2.02. The number of rotatable bonds is 5. The van der Waals surface area contributed by atoms with Gasteiger partial charge in [0.1, 0.15) is 6.02 Å². The maximum atomic E-state index is 14.5. The molecule has 0 aliphatic carbocycles. The Morgan fingerprint density at radius 1 is 1.21 bits per heavy atom. The van der Waals surface area contributed by atoms with Crippen LogP contribution < -0.4 is 16.0 Å². The fourth-order valence-corrected chi connectivity index (χ4v) is 3.68. The highest BCUT2D eigenvalue weighted by Gasteiger charge is 2.39. The SMILES string of the molecule is [2H][C@@]1(N2Cc3c(NCc4cccc(NC)c4F)cccc3C2=O)CCC(=O)NC1=O. The quantitative estimate of drug-likeness (QED) is 0.674. The van der Waals surface area contributed by atoms with Gasteiger partial charge < -0.3 is 15.5 Å². The third-order valence-corrected chi connectivity index (χ3v) is 5.21. The van der Waals surface area contributed by atoms with E-state index in [1.807, 2.05) is 0 Å². The van der Waals surface area contributed by atoms with Crippen molar-refractivity contribution in [1.82, 2.24) is 10.2 Å². The lowest BCUT2D eigenvalue weighted by Crippen LogP contribution is -2.52. The van der Waals surface area contributed by atoms with Crippen LogP contribution in [-0.4, -0.2) is 35.7 Å². The Kier molecular flexibility index (Phi) is 4.59. The van der Waals surface area contributed by atoms with Crippen LogP contribution in [0.5, 0.6) is 0 Å². The van der Waals surface area contributed by atoms with Crippen LogP contribution in [-0.2, 0) is 22.7 Å². The number of imide groups is 1. The lowest BCUT2D eigenvalue weighted by atomic mass is 10.0. The summed E-state index contributed by atoms with van der Waals surface area (Å²) < 4.78 is 23.0. The van der Waals surface area contributed by atoms with E-state index in [0.717, 1.165) is 0 Å². The first-order chi connectivity index (χ1) is 14.3. The Hall–Kier alpha value is -3.42. The summed E-state index contributed by atoms with van der Waals surface area (Å²) >= 11 is 0. The van der Waals surface area contributed by atoms with Gasteiger partial charge in [0.25, 0.3) is 5.91 Å². The van der Waals surface area contributed by atoms with Gasteiger partial charge in [0.15, 0.2) is 5.82 Å². The molecule has 4 rings (SSSR count). The van der Waals surface area contributed by atoms with E-state index in [1.54, 1.807) is 43.4 Å². The second kappa shape index (κ2) is 7.54. The number of fused-ring (bicyclic) bond motifs is 1. The molecule has 3 N–H and O–H groups in total. The molecule has 2 heterocycles. The van der Waals surface area contributed by atoms with Crippen LogP contribution in [0.1, 0.15) is 35.7 Å². The zero-order chi connectivity index (χ0) is 21.5. The molecule has 29 heavy (non-hydrogen) atoms. The van der Waals surface area contributed by atoms with Gasteiger partial charge in [0.2, 0.25) is 11.8 Å². The Bertz CT molecular complexity index is 1060. The molecule has 0 unspecified atom stereocenters. The fraction of sp³-hybridized carbons (Fsp3) is 0.286. The number of nitrogens with zero attached hydrogens (tertiary/aromatic N) is 1. The summed E-state index contributed by atoms with van der Waals surface area (Å²) in [6, 6.07) is 8.34. The number of carbonyl (C=O) groups is 3. The second-order valence-corrected chi connectivity index (χ2v) is 6.93. The minimum atomic E-state index is -1.84. The molecule has 2 aromatic carbocycles. The number of halogens is 1. The number of nitrogens with one attached hydrogen (secondary N) is 3. The predicted octanol–water partition coefficient (Wildman–Crippen LogP) is 2.24. The molecule has 2 aromatic rings. The van der Waals surface area contributed by atoms with Crippen LogP contribution in [0.15, 0.2) is 36.4 Å². The molecule has 1 atom stereocenters. The molecule has 0 radical (unpaired) electrons. The molecule has 2 aliphatic rings. The molecule has 0 spiro atoms. The molecule has 150 valence electrons. The third-order valence-electron chi connectivity index (χ3n) is 5.21. The lowest BCUT2D eigenvalue weighted by Gasteiger charge is -2.29. The largest absolute Gasteiger partial charge is 0.386 e. The van der Waals surface area contributed by atoms with Gasteiger partial charge in [-0.05, 0) is 24.6 Å². The lowest BCUT2D eigenvalue weighted by molar-refractivity contribution is -0.136. The van der Waals surface area contributed by atoms with Crippen LogP contribution >= 0.6 is 0 Å². The van der Waals surface area contributed by atoms with Crippen molar-refractivity contribution in [3.8, 4) is 0 Å². The van der Waals surface area contributed by atoms with Gasteiger partial charge in [0.05, 0.1) is 7.06 Å². The number of anilines is 2. The highest BCUT2D eigenvalue weighted by Crippen LogP contribution is 2.32. The molecule has 0 saturated carbocycles. The highest BCUT2D eigenvalue weighted by atomic mass is 19.1. The summed E-state index contributed by atoms with van der Waals surface area (Å²) in [5.41, 5.74) is 2.52. The number of hydrogen-bond donors (Lipinski definition) is 3. The Balaban J connectivity index is 1.58. The van der Waals surface area contributed by atoms with Gasteiger partial charge in [0, 0.05) is 48.9 Å². The maximum Gasteiger partial charge on any atom is 0.255 e. The van der Waals surface area contributed by atoms with E-state index in [9.17, 15) is 18.8 Å². The molecular formula is C21H21FN4O3. The summed E-state index contributed by atoms with van der Waals surface area (Å²) in [5, 5.41) is 8.11. The second-order valence-electron chi connectivity index (χ2n) is 6.93. The fourth-order valence-electron chi connectivity index (χ4n) is 3.68. The van der Waals surface area contributed by atoms with Crippen molar-refractivity contribution in [2.24, 2.45) is 0 Å². The van der Waals surface area contributed by atoms with Crippen molar-refractivity contribution in [3.05, 3.63) is 58.9 Å². The first-order valence-electron chi connectivity index (χ1n) is 9.82. The Morgan fingerprint density at radius 3 is 2.72 bits per heavy atom. The first-order valence-corrected chi connectivity index (χ1v) is 9.32. The predicted molar refractivity (Wildman–Crippen MR) is 106 cm³/mol. The summed E-state index contributed by atoms with van der Waals surface area (Å²) in [6.07, 6.45) is -0.0519. The number of hydrogen-bond acceptors (Lipinski definition) is 5. The van der Waals surface area contributed by atoms with E-state index in [2.05, 4.69) is 16.0 Å². The smallest absolute Gasteiger partial charge is 0.255 e. The third kappa shape index (κ3) is 3.41. The van der Waals surface area contributed by atoms with E-state index in [-0.39, 0.29) is 31.7 Å². The normalized spacial score (nSPS) is 21.5. The van der Waals surface area contributed by atoms with E-state index >= 15 is 0 Å². The van der Waals surface area contributed by atoms with Crippen LogP contribution in [0, 0.1) is 5.82 Å². The van der Waals surface area contributed by atoms with Gasteiger partial charge >= 0.3 is 0 Å². The van der Waals surface area contributed by atoms with Crippen molar-refractivity contribution in [3.63, 3.8) is 0 Å². The van der Waals surface area contributed by atoms with E-state index < -0.39 is 23.7 Å². The van der Waals surface area contributed by atoms with Crippen LogP contribution in [0.25, 0.3) is 0 Å². The minimum absolute atomic E-state index is 0.00154. The van der Waals surface area contributed by atoms with Crippen LogP contribution in [0.4, 0.5) is 15.8 Å². The summed E-state index contributed by atoms with van der Waals surface area (Å²) in [6.45, 7) is 0.258. The number of amides is 3. The van der Waals surface area contributed by atoms with Gasteiger partial charge in [-0.25, -0.2) is 4.39 Å². The minimum Gasteiger partial charge on any atom is -0.386 e. The zero-order valence-electron chi connectivity index (χ0n) is 16.8. The van der Waals surface area contributed by atoms with Gasteiger partial charge in [-0.15, -0.1) is 0 Å². The Labute approximate surface area is 168 Å². The Morgan fingerprint density at radius 2 is 1.97 bits per heavy atom. The molecular weight excluding hydrogens is 375 g/mol. The molecule has 8 heteroatoms. The topological polar surface area (TPSA) is 90.5 Å². The van der Waals surface area contributed by atoms with Crippen LogP contribution in [0.2, 0.25) is 0 Å². The molecule has 3 amide bonds. The molecule has 0 bridgehead atoms. The van der Waals surface area contributed by atoms with Gasteiger partial charge in [-0.1, -0.05) is 18.2 Å². The molecule has 7 nitrogen and oxygen atoms in total. The zero-order valence-corrected chi connectivity index (χ0v) is 15.8. The van der Waals surface area contributed by atoms with Crippen LogP contribution in [0.3, 0.4) is 0 Å². The monoisotopic (exact) mass is 397 g/mol. The molecule has 1 saturated heterocycles. The van der Waals surface area contributed by atoms with Crippen molar-refractivity contribution in [2.45, 2.75) is 31.9 Å². The average Bonchev–Trinajstić information content (AvgIpc) is 3.08. The maximum absolute atomic E-state index is 14.5. The van der Waals surface area contributed by atoms with Crippen molar-refractivity contribution in [2.75, 3.05) is 17.7 Å². The summed E-state index contributed by atoms with van der Waals surface area (Å²) in [4.78, 5) is 37.9. The summed E-state index contributed by atoms with van der Waals surface area (Å²) in [7, 11) is 1.64. The van der Waals surface area contributed by atoms with E-state index in [4.69, 9.17) is 1.37 Å². The number of piperidine rings is 1. The van der Waals surface area contributed by atoms with Crippen molar-refractivity contribution in [1.29, 1.82) is 0 Å². The van der Waals surface area contributed by atoms with Crippen molar-refractivity contribution >= 4 is 29.1 Å². The van der Waals surface area contributed by atoms with Crippen molar-refractivity contribution < 1.29 is 20.1 Å². The average molecular weight is 397 g/mol. The van der Waals surface area contributed by atoms with E-state index in [0.29, 0.717) is 28.1 Å². The van der Waals surface area contributed by atoms with E-state index in [1.165, 1.54) is 4.90 Å². The first kappa shape index (κ1) is 17.7. The van der Waals surface area contributed by atoms with Gasteiger partial charge in [-0.3, -0.25) is 19.7 Å².